The van der Waals surface area contributed by atoms with E-state index in [1.807, 2.05) is 0 Å². The number of nitrogens with zero attached hydrogens (tertiary/aromatic N) is 2. The zero-order valence-corrected chi connectivity index (χ0v) is 14.8. The molecule has 1 rings (SSSR count). The second-order valence-electron chi connectivity index (χ2n) is 6.40. The molecule has 1 unspecified atom stereocenters. The molecule has 0 amide bonds. The summed E-state index contributed by atoms with van der Waals surface area (Å²) >= 11 is 0. The smallest absolute Gasteiger partial charge is 0.0596 e. The summed E-state index contributed by atoms with van der Waals surface area (Å²) in [6.45, 7) is 14.4. The van der Waals surface area contributed by atoms with E-state index in [0.29, 0.717) is 5.41 Å². The van der Waals surface area contributed by atoms with Crippen molar-refractivity contribution in [3.63, 3.8) is 0 Å². The fourth-order valence-electron chi connectivity index (χ4n) is 3.15. The van der Waals surface area contributed by atoms with Gasteiger partial charge in [-0.25, -0.2) is 0 Å². The van der Waals surface area contributed by atoms with Crippen LogP contribution in [0.5, 0.6) is 0 Å². The van der Waals surface area contributed by atoms with Crippen molar-refractivity contribution in [3.05, 3.63) is 17.5 Å². The Morgan fingerprint density at radius 3 is 2.52 bits per heavy atom. The maximum absolute atomic E-state index is 4.62. The van der Waals surface area contributed by atoms with Gasteiger partial charge in [0, 0.05) is 18.8 Å². The molecule has 3 heteroatoms. The lowest BCUT2D eigenvalue weighted by Crippen LogP contribution is -2.37. The van der Waals surface area contributed by atoms with Crippen LogP contribution < -0.4 is 5.32 Å². The Balaban J connectivity index is 2.87. The van der Waals surface area contributed by atoms with Crippen molar-refractivity contribution in [3.8, 4) is 0 Å². The van der Waals surface area contributed by atoms with Crippen LogP contribution in [0, 0.1) is 12.3 Å². The second kappa shape index (κ2) is 9.24. The summed E-state index contributed by atoms with van der Waals surface area (Å²) in [5, 5.41) is 8.29. The Morgan fingerprint density at radius 2 is 1.95 bits per heavy atom. The molecule has 0 saturated carbocycles. The Hall–Kier alpha value is -0.830. The molecule has 0 saturated heterocycles. The molecule has 0 fully saturated rings. The van der Waals surface area contributed by atoms with Gasteiger partial charge in [-0.1, -0.05) is 33.6 Å². The zero-order chi connectivity index (χ0) is 15.7. The molecule has 21 heavy (non-hydrogen) atoms. The van der Waals surface area contributed by atoms with E-state index in [4.69, 9.17) is 0 Å². The van der Waals surface area contributed by atoms with Crippen LogP contribution in [-0.4, -0.2) is 22.9 Å². The van der Waals surface area contributed by atoms with E-state index < -0.39 is 0 Å². The average Bonchev–Trinajstić information content (AvgIpc) is 2.84. The first kappa shape index (κ1) is 18.2. The second-order valence-corrected chi connectivity index (χ2v) is 6.40. The number of hydrogen-bond acceptors (Lipinski definition) is 2. The lowest BCUT2D eigenvalue weighted by Gasteiger charge is -2.33. The molecule has 1 aromatic rings. The fourth-order valence-corrected chi connectivity index (χ4v) is 3.15. The Labute approximate surface area is 131 Å². The van der Waals surface area contributed by atoms with E-state index in [0.717, 1.165) is 31.7 Å². The van der Waals surface area contributed by atoms with Gasteiger partial charge in [0.2, 0.25) is 0 Å². The van der Waals surface area contributed by atoms with Gasteiger partial charge in [0.25, 0.3) is 0 Å². The maximum Gasteiger partial charge on any atom is 0.0596 e. The highest BCUT2D eigenvalue weighted by atomic mass is 15.3. The van der Waals surface area contributed by atoms with E-state index in [9.17, 15) is 0 Å². The van der Waals surface area contributed by atoms with Crippen molar-refractivity contribution in [2.24, 2.45) is 5.41 Å². The number of rotatable bonds is 11. The highest BCUT2D eigenvalue weighted by molar-refractivity contribution is 5.11. The van der Waals surface area contributed by atoms with Crippen molar-refractivity contribution >= 4 is 0 Å². The fraction of sp³-hybridized carbons (Fsp3) is 0.833. The summed E-state index contributed by atoms with van der Waals surface area (Å²) in [7, 11) is 0. The first-order valence-corrected chi connectivity index (χ1v) is 8.84. The van der Waals surface area contributed by atoms with Crippen molar-refractivity contribution < 1.29 is 0 Å². The van der Waals surface area contributed by atoms with Gasteiger partial charge in [0.1, 0.15) is 0 Å². The Bertz CT molecular complexity index is 397. The normalized spacial score (nSPS) is 14.3. The molecular formula is C18H35N3. The van der Waals surface area contributed by atoms with Gasteiger partial charge in [-0.2, -0.15) is 5.10 Å². The molecule has 1 N–H and O–H groups in total. The Kier molecular flexibility index (Phi) is 8.02. The number of aryl methyl sites for hydroxylation is 2. The molecule has 0 aliphatic carbocycles. The zero-order valence-electron chi connectivity index (χ0n) is 14.8. The van der Waals surface area contributed by atoms with Crippen molar-refractivity contribution in [1.82, 2.24) is 15.1 Å². The van der Waals surface area contributed by atoms with Crippen LogP contribution in [0.25, 0.3) is 0 Å². The minimum Gasteiger partial charge on any atom is -0.316 e. The highest BCUT2D eigenvalue weighted by Crippen LogP contribution is 2.33. The predicted octanol–water partition coefficient (Wildman–Crippen LogP) is 4.34. The molecule has 1 heterocycles. The lowest BCUT2D eigenvalue weighted by molar-refractivity contribution is 0.224. The first-order chi connectivity index (χ1) is 10.1. The summed E-state index contributed by atoms with van der Waals surface area (Å²) in [5.41, 5.74) is 2.94. The standard InChI is InChI=1S/C18H35N3/c1-6-10-11-18(8-3,15-19-12-7-2)14-17-13-16(5)20-21(17)9-4/h13,19H,6-12,14-15H2,1-5H3. The van der Waals surface area contributed by atoms with E-state index in [1.165, 1.54) is 37.8 Å². The molecule has 122 valence electrons. The highest BCUT2D eigenvalue weighted by Gasteiger charge is 2.29. The van der Waals surface area contributed by atoms with Crippen LogP contribution in [-0.2, 0) is 13.0 Å². The largest absolute Gasteiger partial charge is 0.316 e. The number of hydrogen-bond donors (Lipinski definition) is 1. The third kappa shape index (κ3) is 5.46. The van der Waals surface area contributed by atoms with Gasteiger partial charge in [-0.3, -0.25) is 4.68 Å². The number of aromatic nitrogens is 2. The summed E-state index contributed by atoms with van der Waals surface area (Å²) in [4.78, 5) is 0. The van der Waals surface area contributed by atoms with E-state index in [-0.39, 0.29) is 0 Å². The lowest BCUT2D eigenvalue weighted by atomic mass is 9.76. The third-order valence-electron chi connectivity index (χ3n) is 4.58. The molecule has 3 nitrogen and oxygen atoms in total. The van der Waals surface area contributed by atoms with Gasteiger partial charge in [-0.05, 0) is 57.6 Å². The molecule has 1 atom stereocenters. The maximum atomic E-state index is 4.62. The molecular weight excluding hydrogens is 258 g/mol. The molecule has 0 aliphatic rings. The SMILES string of the molecule is CCCCC(CC)(CNCCC)Cc1cc(C)nn1CC. The minimum absolute atomic E-state index is 0.380. The van der Waals surface area contributed by atoms with Crippen molar-refractivity contribution in [2.45, 2.75) is 79.7 Å². The van der Waals surface area contributed by atoms with Gasteiger partial charge in [0.05, 0.1) is 5.69 Å². The van der Waals surface area contributed by atoms with E-state index in [2.05, 4.69) is 55.8 Å². The van der Waals surface area contributed by atoms with Gasteiger partial charge < -0.3 is 5.32 Å². The molecule has 0 spiro atoms. The van der Waals surface area contributed by atoms with Crippen LogP contribution in [0.1, 0.15) is 71.2 Å². The molecule has 0 aromatic carbocycles. The van der Waals surface area contributed by atoms with Crippen LogP contribution in [0.3, 0.4) is 0 Å². The molecule has 0 aliphatic heterocycles. The quantitative estimate of drug-likeness (QED) is 0.615. The topological polar surface area (TPSA) is 29.9 Å². The summed E-state index contributed by atoms with van der Waals surface area (Å²) in [6, 6.07) is 2.28. The predicted molar refractivity (Wildman–Crippen MR) is 91.8 cm³/mol. The van der Waals surface area contributed by atoms with Crippen molar-refractivity contribution in [1.29, 1.82) is 0 Å². The summed E-state index contributed by atoms with van der Waals surface area (Å²) < 4.78 is 2.19. The number of unbranched alkanes of at least 4 members (excludes halogenated alkanes) is 1. The number of nitrogens with one attached hydrogen (secondary N) is 1. The molecule has 1 aromatic heterocycles. The van der Waals surface area contributed by atoms with Crippen LogP contribution in [0.2, 0.25) is 0 Å². The van der Waals surface area contributed by atoms with Gasteiger partial charge >= 0.3 is 0 Å². The average molecular weight is 293 g/mol. The Morgan fingerprint density at radius 1 is 1.19 bits per heavy atom. The monoisotopic (exact) mass is 293 g/mol. The summed E-state index contributed by atoms with van der Waals surface area (Å²) in [5.74, 6) is 0. The van der Waals surface area contributed by atoms with Gasteiger partial charge in [-0.15, -0.1) is 0 Å². The summed E-state index contributed by atoms with van der Waals surface area (Å²) in [6.07, 6.45) is 7.50. The molecule has 0 bridgehead atoms. The van der Waals surface area contributed by atoms with Crippen LogP contribution in [0.4, 0.5) is 0 Å². The minimum atomic E-state index is 0.380. The third-order valence-corrected chi connectivity index (χ3v) is 4.58. The van der Waals surface area contributed by atoms with Crippen molar-refractivity contribution in [2.75, 3.05) is 13.1 Å². The molecule has 0 radical (unpaired) electrons. The van der Waals surface area contributed by atoms with Crippen LogP contribution in [0.15, 0.2) is 6.07 Å². The first-order valence-electron chi connectivity index (χ1n) is 8.84. The van der Waals surface area contributed by atoms with E-state index >= 15 is 0 Å². The van der Waals surface area contributed by atoms with E-state index in [1.54, 1.807) is 0 Å². The van der Waals surface area contributed by atoms with Gasteiger partial charge in [0.15, 0.2) is 0 Å². The van der Waals surface area contributed by atoms with Crippen LogP contribution >= 0.6 is 0 Å².